The van der Waals surface area contributed by atoms with E-state index in [0.717, 1.165) is 6.42 Å². The number of benzene rings is 2. The Morgan fingerprint density at radius 1 is 0.793 bits per heavy atom. The number of hydrogen-bond donors (Lipinski definition) is 0. The highest BCUT2D eigenvalue weighted by molar-refractivity contribution is 6.33. The van der Waals surface area contributed by atoms with Crippen LogP contribution in [0.5, 0.6) is 0 Å². The van der Waals surface area contributed by atoms with Gasteiger partial charge in [-0.05, 0) is 54.7 Å². The standard InChI is InChI=1S/C20H14Cl2N2O5/c21-16-6-4-12(10-18(16)23(26)27)8-14-2-1-3-15(20(14)25)9-13-5-7-17(22)19(11-13)24(28)29/h4-11H,1-3H2. The molecule has 0 saturated heterocycles. The number of hydrogen-bond acceptors (Lipinski definition) is 5. The third-order valence-corrected chi connectivity index (χ3v) is 5.13. The molecule has 0 amide bonds. The van der Waals surface area contributed by atoms with Gasteiger partial charge >= 0.3 is 0 Å². The van der Waals surface area contributed by atoms with E-state index < -0.39 is 9.85 Å². The first-order valence-electron chi connectivity index (χ1n) is 8.60. The summed E-state index contributed by atoms with van der Waals surface area (Å²) in [5.41, 5.74) is 1.59. The van der Waals surface area contributed by atoms with E-state index in [1.807, 2.05) is 0 Å². The number of carbonyl (C=O) groups is 1. The number of halogens is 2. The fraction of sp³-hybridized carbons (Fsp3) is 0.150. The molecule has 1 aliphatic carbocycles. The van der Waals surface area contributed by atoms with Crippen molar-refractivity contribution < 1.29 is 14.6 Å². The summed E-state index contributed by atoms with van der Waals surface area (Å²) in [6.07, 6.45) is 5.02. The molecule has 7 nitrogen and oxygen atoms in total. The van der Waals surface area contributed by atoms with Crippen molar-refractivity contribution in [1.82, 2.24) is 0 Å². The number of Topliss-reactive ketones (excluding diaryl/α,β-unsaturated/α-hetero) is 1. The van der Waals surface area contributed by atoms with E-state index in [9.17, 15) is 25.0 Å². The van der Waals surface area contributed by atoms with E-state index >= 15 is 0 Å². The maximum Gasteiger partial charge on any atom is 0.288 e. The van der Waals surface area contributed by atoms with Crippen molar-refractivity contribution in [3.8, 4) is 0 Å². The van der Waals surface area contributed by atoms with Gasteiger partial charge in [-0.1, -0.05) is 35.3 Å². The van der Waals surface area contributed by atoms with Crippen LogP contribution in [0.1, 0.15) is 30.4 Å². The maximum absolute atomic E-state index is 12.8. The fourth-order valence-corrected chi connectivity index (χ4v) is 3.47. The molecule has 0 spiro atoms. The van der Waals surface area contributed by atoms with Crippen molar-refractivity contribution in [2.75, 3.05) is 0 Å². The van der Waals surface area contributed by atoms with Gasteiger partial charge in [0, 0.05) is 23.3 Å². The lowest BCUT2D eigenvalue weighted by molar-refractivity contribution is -0.384. The quantitative estimate of drug-likeness (QED) is 0.333. The number of ketones is 1. The van der Waals surface area contributed by atoms with Crippen molar-refractivity contribution in [3.63, 3.8) is 0 Å². The van der Waals surface area contributed by atoms with Gasteiger partial charge in [-0.2, -0.15) is 0 Å². The molecule has 1 aliphatic rings. The van der Waals surface area contributed by atoms with Gasteiger partial charge in [-0.15, -0.1) is 0 Å². The summed E-state index contributed by atoms with van der Waals surface area (Å²) in [4.78, 5) is 33.8. The van der Waals surface area contributed by atoms with Crippen molar-refractivity contribution >= 4 is 52.5 Å². The minimum atomic E-state index is -0.578. The van der Waals surface area contributed by atoms with Gasteiger partial charge in [0.25, 0.3) is 11.4 Å². The summed E-state index contributed by atoms with van der Waals surface area (Å²) >= 11 is 11.7. The normalized spacial score (nSPS) is 17.0. The average Bonchev–Trinajstić information content (AvgIpc) is 2.67. The summed E-state index contributed by atoms with van der Waals surface area (Å²) in [5.74, 6) is -0.188. The van der Waals surface area contributed by atoms with Crippen LogP contribution in [0, 0.1) is 20.2 Å². The van der Waals surface area contributed by atoms with Crippen LogP contribution >= 0.6 is 23.2 Å². The van der Waals surface area contributed by atoms with Crippen molar-refractivity contribution in [1.29, 1.82) is 0 Å². The van der Waals surface area contributed by atoms with Crippen LogP contribution in [-0.4, -0.2) is 15.6 Å². The molecular formula is C20H14Cl2N2O5. The molecule has 0 heterocycles. The lowest BCUT2D eigenvalue weighted by Gasteiger charge is -2.16. The van der Waals surface area contributed by atoms with E-state index in [1.54, 1.807) is 24.3 Å². The third kappa shape index (κ3) is 4.70. The van der Waals surface area contributed by atoms with Crippen LogP contribution in [0.25, 0.3) is 12.2 Å². The number of nitro groups is 2. The first-order chi connectivity index (χ1) is 13.8. The Bertz CT molecular complexity index is 1010. The Hall–Kier alpha value is -3.03. The highest BCUT2D eigenvalue weighted by Crippen LogP contribution is 2.32. The van der Waals surface area contributed by atoms with E-state index in [-0.39, 0.29) is 27.2 Å². The second kappa shape index (κ2) is 8.55. The number of carbonyl (C=O) groups excluding carboxylic acids is 1. The van der Waals surface area contributed by atoms with Gasteiger partial charge in [0.15, 0.2) is 5.78 Å². The third-order valence-electron chi connectivity index (χ3n) is 4.49. The first kappa shape index (κ1) is 20.7. The number of rotatable bonds is 4. The molecule has 0 aliphatic heterocycles. The highest BCUT2D eigenvalue weighted by atomic mass is 35.5. The fourth-order valence-electron chi connectivity index (χ4n) is 3.10. The Balaban J connectivity index is 1.93. The Kier molecular flexibility index (Phi) is 6.10. The zero-order chi connectivity index (χ0) is 21.1. The minimum absolute atomic E-state index is 0.0250. The molecule has 2 aromatic carbocycles. The highest BCUT2D eigenvalue weighted by Gasteiger charge is 2.22. The molecule has 0 atom stereocenters. The molecule has 0 unspecified atom stereocenters. The predicted molar refractivity (Wildman–Crippen MR) is 111 cm³/mol. The van der Waals surface area contributed by atoms with Crippen LogP contribution < -0.4 is 0 Å². The average molecular weight is 433 g/mol. The second-order valence-corrected chi connectivity index (χ2v) is 7.27. The van der Waals surface area contributed by atoms with Gasteiger partial charge in [0.05, 0.1) is 9.85 Å². The molecule has 1 saturated carbocycles. The van der Waals surface area contributed by atoms with Crippen molar-refractivity contribution in [2.24, 2.45) is 0 Å². The van der Waals surface area contributed by atoms with E-state index in [2.05, 4.69) is 0 Å². The molecule has 2 aromatic rings. The molecule has 29 heavy (non-hydrogen) atoms. The van der Waals surface area contributed by atoms with Crippen LogP contribution in [0.3, 0.4) is 0 Å². The summed E-state index contributed by atoms with van der Waals surface area (Å²) in [5, 5.41) is 22.2. The van der Waals surface area contributed by atoms with Gasteiger partial charge in [-0.25, -0.2) is 0 Å². The van der Waals surface area contributed by atoms with Crippen molar-refractivity contribution in [3.05, 3.63) is 88.9 Å². The topological polar surface area (TPSA) is 103 Å². The second-order valence-electron chi connectivity index (χ2n) is 6.46. The van der Waals surface area contributed by atoms with E-state index in [4.69, 9.17) is 23.2 Å². The van der Waals surface area contributed by atoms with Crippen LogP contribution in [0.2, 0.25) is 10.0 Å². The SMILES string of the molecule is O=C1C(=Cc2ccc(Cl)c([N+](=O)[O-])c2)CCCC1=Cc1ccc(Cl)c([N+](=O)[O-])c1. The minimum Gasteiger partial charge on any atom is -0.289 e. The summed E-state index contributed by atoms with van der Waals surface area (Å²) < 4.78 is 0. The molecule has 9 heteroatoms. The molecule has 0 radical (unpaired) electrons. The zero-order valence-electron chi connectivity index (χ0n) is 14.9. The molecule has 0 bridgehead atoms. The summed E-state index contributed by atoms with van der Waals surface area (Å²) in [7, 11) is 0. The Labute approximate surface area is 175 Å². The van der Waals surface area contributed by atoms with Gasteiger partial charge in [0.2, 0.25) is 0 Å². The van der Waals surface area contributed by atoms with E-state index in [1.165, 1.54) is 24.3 Å². The monoisotopic (exact) mass is 432 g/mol. The number of nitrogens with zero attached hydrogens (tertiary/aromatic N) is 2. The molecule has 0 aromatic heterocycles. The van der Waals surface area contributed by atoms with Crippen LogP contribution in [-0.2, 0) is 4.79 Å². The Morgan fingerprint density at radius 2 is 1.21 bits per heavy atom. The molecule has 0 N–H and O–H groups in total. The smallest absolute Gasteiger partial charge is 0.288 e. The summed E-state index contributed by atoms with van der Waals surface area (Å²) in [6, 6.07) is 8.70. The summed E-state index contributed by atoms with van der Waals surface area (Å²) in [6.45, 7) is 0. The molecular weight excluding hydrogens is 419 g/mol. The largest absolute Gasteiger partial charge is 0.289 e. The van der Waals surface area contributed by atoms with Gasteiger partial charge in [0.1, 0.15) is 10.0 Å². The Morgan fingerprint density at radius 3 is 1.59 bits per heavy atom. The molecule has 3 rings (SSSR count). The number of allylic oxidation sites excluding steroid dienone is 2. The molecule has 1 fully saturated rings. The lowest BCUT2D eigenvalue weighted by atomic mass is 9.87. The predicted octanol–water partition coefficient (Wildman–Crippen LogP) is 6.03. The van der Waals surface area contributed by atoms with Crippen LogP contribution in [0.4, 0.5) is 11.4 Å². The van der Waals surface area contributed by atoms with Gasteiger partial charge in [-0.3, -0.25) is 25.0 Å². The van der Waals surface area contributed by atoms with Gasteiger partial charge < -0.3 is 0 Å². The first-order valence-corrected chi connectivity index (χ1v) is 9.35. The van der Waals surface area contributed by atoms with E-state index in [0.29, 0.717) is 35.1 Å². The maximum atomic E-state index is 12.8. The molecule has 148 valence electrons. The zero-order valence-corrected chi connectivity index (χ0v) is 16.4. The lowest BCUT2D eigenvalue weighted by Crippen LogP contribution is -2.12. The number of nitro benzene ring substituents is 2. The van der Waals surface area contributed by atoms with Crippen LogP contribution in [0.15, 0.2) is 47.5 Å². The van der Waals surface area contributed by atoms with Crippen molar-refractivity contribution in [2.45, 2.75) is 19.3 Å².